The molecule has 0 saturated heterocycles. The molecular formula is C8H16NO3+. The lowest BCUT2D eigenvalue weighted by Gasteiger charge is -1.96. The van der Waals surface area contributed by atoms with Crippen LogP contribution < -0.4 is 5.73 Å². The number of aliphatic carboxylic acids is 1. The van der Waals surface area contributed by atoms with Gasteiger partial charge in [0.05, 0.1) is 0 Å². The molecule has 0 aliphatic heterocycles. The van der Waals surface area contributed by atoms with Crippen molar-refractivity contribution < 1.29 is 20.4 Å². The number of ketones is 1. The molecule has 0 aliphatic carbocycles. The average Bonchev–Trinajstić information content (AvgIpc) is 2.03. The van der Waals surface area contributed by atoms with E-state index in [-0.39, 0.29) is 12.2 Å². The maximum Gasteiger partial charge on any atom is 0.303 e. The molecule has 0 heterocycles. The van der Waals surface area contributed by atoms with Gasteiger partial charge in [-0.2, -0.15) is 0 Å². The number of carbonyl (C=O) groups is 2. The summed E-state index contributed by atoms with van der Waals surface area (Å²) in [4.78, 5) is 20.8. The van der Waals surface area contributed by atoms with Crippen molar-refractivity contribution in [3.8, 4) is 0 Å². The summed E-state index contributed by atoms with van der Waals surface area (Å²) in [6.07, 6.45) is 3.03. The molecule has 0 rings (SSSR count). The minimum Gasteiger partial charge on any atom is -0.481 e. The molecule has 0 aromatic rings. The van der Waals surface area contributed by atoms with E-state index >= 15 is 0 Å². The molecule has 0 fully saturated rings. The van der Waals surface area contributed by atoms with Crippen molar-refractivity contribution in [1.82, 2.24) is 0 Å². The molecule has 4 heteroatoms. The third-order valence-corrected chi connectivity index (χ3v) is 1.63. The van der Waals surface area contributed by atoms with Gasteiger partial charge in [0.25, 0.3) is 0 Å². The van der Waals surface area contributed by atoms with Gasteiger partial charge in [-0.1, -0.05) is 6.42 Å². The number of unbranched alkanes of at least 4 members (excludes halogenated alkanes) is 2. The van der Waals surface area contributed by atoms with Gasteiger partial charge in [-0.3, -0.25) is 9.59 Å². The zero-order valence-corrected chi connectivity index (χ0v) is 7.21. The number of carboxylic acids is 1. The van der Waals surface area contributed by atoms with E-state index in [0.717, 1.165) is 12.8 Å². The van der Waals surface area contributed by atoms with Gasteiger partial charge in [0, 0.05) is 12.8 Å². The standard InChI is InChI=1S/C8H15NO3/c9-6-7(10)4-2-1-3-5-8(11)12/h1-6,9H2,(H,11,12)/p+1. The molecule has 0 atom stereocenters. The number of carboxylic acid groups (broad SMARTS) is 1. The topological polar surface area (TPSA) is 82.0 Å². The summed E-state index contributed by atoms with van der Waals surface area (Å²) in [5, 5.41) is 8.29. The highest BCUT2D eigenvalue weighted by Crippen LogP contribution is 2.02. The average molecular weight is 174 g/mol. The molecule has 4 N–H and O–H groups in total. The van der Waals surface area contributed by atoms with Crippen LogP contribution in [0.1, 0.15) is 32.1 Å². The Bertz CT molecular complexity index is 156. The number of rotatable bonds is 7. The van der Waals surface area contributed by atoms with Crippen LogP contribution in [-0.4, -0.2) is 23.4 Å². The first-order valence-corrected chi connectivity index (χ1v) is 4.19. The highest BCUT2D eigenvalue weighted by molar-refractivity contribution is 5.78. The summed E-state index contributed by atoms with van der Waals surface area (Å²) in [6.45, 7) is 0.346. The molecule has 0 unspecified atom stereocenters. The molecular weight excluding hydrogens is 158 g/mol. The van der Waals surface area contributed by atoms with Crippen molar-refractivity contribution in [2.24, 2.45) is 0 Å². The zero-order valence-electron chi connectivity index (χ0n) is 7.21. The van der Waals surface area contributed by atoms with Gasteiger partial charge in [0.2, 0.25) is 0 Å². The van der Waals surface area contributed by atoms with E-state index in [2.05, 4.69) is 5.73 Å². The quantitative estimate of drug-likeness (QED) is 0.526. The number of quaternary nitrogens is 1. The summed E-state index contributed by atoms with van der Waals surface area (Å²) >= 11 is 0. The van der Waals surface area contributed by atoms with Crippen LogP contribution in [0.4, 0.5) is 0 Å². The Morgan fingerprint density at radius 2 is 1.67 bits per heavy atom. The molecule has 12 heavy (non-hydrogen) atoms. The lowest BCUT2D eigenvalue weighted by molar-refractivity contribution is -0.354. The third-order valence-electron chi connectivity index (χ3n) is 1.63. The van der Waals surface area contributed by atoms with Crippen LogP contribution in [0.5, 0.6) is 0 Å². The second kappa shape index (κ2) is 6.79. The predicted octanol–water partition coefficient (Wildman–Crippen LogP) is -0.168. The van der Waals surface area contributed by atoms with Gasteiger partial charge in [0.1, 0.15) is 6.54 Å². The van der Waals surface area contributed by atoms with Crippen molar-refractivity contribution >= 4 is 11.8 Å². The van der Waals surface area contributed by atoms with Gasteiger partial charge >= 0.3 is 5.97 Å². The Morgan fingerprint density at radius 3 is 2.17 bits per heavy atom. The Balaban J connectivity index is 3.11. The maximum atomic E-state index is 10.7. The maximum absolute atomic E-state index is 10.7. The highest BCUT2D eigenvalue weighted by atomic mass is 16.4. The molecule has 4 nitrogen and oxygen atoms in total. The van der Waals surface area contributed by atoms with Crippen molar-refractivity contribution in [1.29, 1.82) is 0 Å². The minimum absolute atomic E-state index is 0.158. The summed E-state index contributed by atoms with van der Waals surface area (Å²) in [7, 11) is 0. The first-order chi connectivity index (χ1) is 5.66. The third kappa shape index (κ3) is 7.21. The van der Waals surface area contributed by atoms with E-state index in [0.29, 0.717) is 19.4 Å². The van der Waals surface area contributed by atoms with Crippen LogP contribution in [0.25, 0.3) is 0 Å². The number of hydrogen-bond acceptors (Lipinski definition) is 2. The van der Waals surface area contributed by atoms with Crippen molar-refractivity contribution in [2.75, 3.05) is 6.54 Å². The first kappa shape index (κ1) is 11.1. The summed E-state index contributed by atoms with van der Waals surface area (Å²) in [5.74, 6) is -0.608. The number of carbonyl (C=O) groups excluding carboxylic acids is 1. The molecule has 0 saturated carbocycles. The molecule has 0 spiro atoms. The van der Waals surface area contributed by atoms with Crippen LogP contribution in [0.15, 0.2) is 0 Å². The lowest BCUT2D eigenvalue weighted by Crippen LogP contribution is -2.54. The molecule has 0 bridgehead atoms. The summed E-state index contributed by atoms with van der Waals surface area (Å²) in [6, 6.07) is 0. The van der Waals surface area contributed by atoms with E-state index in [4.69, 9.17) is 5.11 Å². The van der Waals surface area contributed by atoms with Crippen LogP contribution in [-0.2, 0) is 9.59 Å². The molecule has 0 radical (unpaired) electrons. The summed E-state index contributed by atoms with van der Waals surface area (Å²) < 4.78 is 0. The van der Waals surface area contributed by atoms with E-state index in [1.165, 1.54) is 0 Å². The van der Waals surface area contributed by atoms with Gasteiger partial charge < -0.3 is 10.8 Å². The fourth-order valence-electron chi connectivity index (χ4n) is 0.900. The van der Waals surface area contributed by atoms with E-state index < -0.39 is 5.97 Å². The molecule has 0 aromatic carbocycles. The second-order valence-electron chi connectivity index (χ2n) is 2.74. The normalized spacial score (nSPS) is 9.75. The molecule has 70 valence electrons. The zero-order chi connectivity index (χ0) is 9.40. The smallest absolute Gasteiger partial charge is 0.303 e. The number of Topliss-reactive ketones (excluding diaryl/α,β-unsaturated/α-hetero) is 1. The number of hydrogen-bond donors (Lipinski definition) is 2. The SMILES string of the molecule is [NH3+]CC(=O)CCCCCC(=O)O. The van der Waals surface area contributed by atoms with E-state index in [1.54, 1.807) is 0 Å². The lowest BCUT2D eigenvalue weighted by atomic mass is 10.1. The molecule has 0 aromatic heterocycles. The largest absolute Gasteiger partial charge is 0.481 e. The highest BCUT2D eigenvalue weighted by Gasteiger charge is 2.01. The van der Waals surface area contributed by atoms with Gasteiger partial charge in [-0.05, 0) is 12.8 Å². The fourth-order valence-corrected chi connectivity index (χ4v) is 0.900. The van der Waals surface area contributed by atoms with Gasteiger partial charge in [-0.25, -0.2) is 0 Å². The second-order valence-corrected chi connectivity index (χ2v) is 2.74. The van der Waals surface area contributed by atoms with Crippen LogP contribution in [0.2, 0.25) is 0 Å². The Hall–Kier alpha value is -0.900. The predicted molar refractivity (Wildman–Crippen MR) is 43.5 cm³/mol. The monoisotopic (exact) mass is 174 g/mol. The van der Waals surface area contributed by atoms with Crippen molar-refractivity contribution in [2.45, 2.75) is 32.1 Å². The van der Waals surface area contributed by atoms with Crippen LogP contribution in [0.3, 0.4) is 0 Å². The Kier molecular flexibility index (Phi) is 6.28. The van der Waals surface area contributed by atoms with Crippen LogP contribution >= 0.6 is 0 Å². The van der Waals surface area contributed by atoms with Crippen molar-refractivity contribution in [3.05, 3.63) is 0 Å². The van der Waals surface area contributed by atoms with Crippen LogP contribution in [0, 0.1) is 0 Å². The summed E-state index contributed by atoms with van der Waals surface area (Å²) in [5.41, 5.74) is 3.47. The first-order valence-electron chi connectivity index (χ1n) is 4.19. The molecule has 0 amide bonds. The van der Waals surface area contributed by atoms with E-state index in [9.17, 15) is 9.59 Å². The molecule has 0 aliphatic rings. The van der Waals surface area contributed by atoms with Gasteiger partial charge in [-0.15, -0.1) is 0 Å². The van der Waals surface area contributed by atoms with E-state index in [1.807, 2.05) is 0 Å². The van der Waals surface area contributed by atoms with Gasteiger partial charge in [0.15, 0.2) is 5.78 Å². The van der Waals surface area contributed by atoms with Crippen molar-refractivity contribution in [3.63, 3.8) is 0 Å². The Labute approximate surface area is 71.8 Å². The minimum atomic E-state index is -0.765. The Morgan fingerprint density at radius 1 is 1.08 bits per heavy atom. The fraction of sp³-hybridized carbons (Fsp3) is 0.750.